The number of nitrogens with one attached hydrogen (secondary N) is 1. The van der Waals surface area contributed by atoms with Gasteiger partial charge in [0.1, 0.15) is 5.82 Å². The van der Waals surface area contributed by atoms with E-state index in [1.54, 1.807) is 0 Å². The van der Waals surface area contributed by atoms with Crippen LogP contribution in [0.3, 0.4) is 0 Å². The van der Waals surface area contributed by atoms with E-state index in [0.29, 0.717) is 6.54 Å². The Morgan fingerprint density at radius 2 is 2.20 bits per heavy atom. The van der Waals surface area contributed by atoms with Gasteiger partial charge in [-0.3, -0.25) is 0 Å². The molecule has 0 saturated heterocycles. The number of rotatable bonds is 5. The molecule has 0 bridgehead atoms. The quantitative estimate of drug-likeness (QED) is 0.817. The summed E-state index contributed by atoms with van der Waals surface area (Å²) < 4.78 is 13.8. The van der Waals surface area contributed by atoms with E-state index >= 15 is 0 Å². The molecule has 1 aromatic carbocycles. The van der Waals surface area contributed by atoms with Crippen molar-refractivity contribution in [3.8, 4) is 0 Å². The summed E-state index contributed by atoms with van der Waals surface area (Å²) in [5.74, 6) is -0.223. The van der Waals surface area contributed by atoms with E-state index in [4.69, 9.17) is 11.6 Å². The Morgan fingerprint density at radius 3 is 2.80 bits per heavy atom. The molecule has 0 radical (unpaired) electrons. The lowest BCUT2D eigenvalue weighted by atomic mass is 10.2. The molecule has 1 aromatic rings. The summed E-state index contributed by atoms with van der Waals surface area (Å²) in [6, 6.07) is 4.86. The van der Waals surface area contributed by atoms with Gasteiger partial charge in [0.25, 0.3) is 0 Å². The maximum atomic E-state index is 13.0. The minimum Gasteiger partial charge on any atom is -0.311 e. The van der Waals surface area contributed by atoms with Crippen LogP contribution in [0.5, 0.6) is 0 Å². The van der Waals surface area contributed by atoms with Crippen LogP contribution >= 0.6 is 27.5 Å². The van der Waals surface area contributed by atoms with Crippen molar-refractivity contribution in [3.63, 3.8) is 0 Å². The molecule has 4 heteroatoms. The molecule has 1 rings (SSSR count). The largest absolute Gasteiger partial charge is 0.311 e. The average Bonchev–Trinajstić information content (AvgIpc) is 2.16. The molecule has 0 aliphatic rings. The first-order valence-electron chi connectivity index (χ1n) is 4.91. The monoisotopic (exact) mass is 293 g/mol. The number of benzene rings is 1. The van der Waals surface area contributed by atoms with Crippen LogP contribution in [0.1, 0.15) is 18.9 Å². The molecule has 0 aliphatic carbocycles. The van der Waals surface area contributed by atoms with Gasteiger partial charge in [-0.05, 0) is 30.2 Å². The maximum Gasteiger partial charge on any atom is 0.124 e. The first kappa shape index (κ1) is 12.9. The molecule has 0 aromatic heterocycles. The van der Waals surface area contributed by atoms with Gasteiger partial charge in [0.15, 0.2) is 0 Å². The topological polar surface area (TPSA) is 12.0 Å². The van der Waals surface area contributed by atoms with Crippen molar-refractivity contribution in [1.29, 1.82) is 0 Å². The molecule has 0 heterocycles. The second kappa shape index (κ2) is 6.46. The van der Waals surface area contributed by atoms with Crippen LogP contribution in [0, 0.1) is 5.82 Å². The summed E-state index contributed by atoms with van der Waals surface area (Å²) in [6.07, 6.45) is 0.932. The van der Waals surface area contributed by atoms with Crippen LogP contribution in [0.2, 0.25) is 0 Å². The van der Waals surface area contributed by atoms with Crippen molar-refractivity contribution in [2.75, 3.05) is 6.54 Å². The molecule has 0 amide bonds. The van der Waals surface area contributed by atoms with Crippen LogP contribution in [-0.4, -0.2) is 11.9 Å². The molecule has 0 aliphatic heterocycles. The highest BCUT2D eigenvalue weighted by Gasteiger charge is 2.02. The van der Waals surface area contributed by atoms with E-state index in [9.17, 15) is 4.39 Å². The van der Waals surface area contributed by atoms with Crippen LogP contribution in [0.25, 0.3) is 0 Å². The van der Waals surface area contributed by atoms with Crippen molar-refractivity contribution in [2.45, 2.75) is 25.3 Å². The van der Waals surface area contributed by atoms with E-state index in [2.05, 4.69) is 21.2 Å². The lowest BCUT2D eigenvalue weighted by molar-refractivity contribution is 0.614. The fraction of sp³-hybridized carbons (Fsp3) is 0.455. The third-order valence-electron chi connectivity index (χ3n) is 2.06. The maximum absolute atomic E-state index is 13.0. The Hall–Kier alpha value is -0.120. The van der Waals surface area contributed by atoms with E-state index in [1.165, 1.54) is 12.1 Å². The van der Waals surface area contributed by atoms with Crippen molar-refractivity contribution in [1.82, 2.24) is 5.32 Å². The van der Waals surface area contributed by atoms with E-state index in [0.717, 1.165) is 23.0 Å². The second-order valence-electron chi connectivity index (χ2n) is 3.41. The number of halogens is 3. The zero-order valence-electron chi connectivity index (χ0n) is 8.56. The lowest BCUT2D eigenvalue weighted by Gasteiger charge is -2.08. The second-order valence-corrected chi connectivity index (χ2v) is 4.95. The van der Waals surface area contributed by atoms with Gasteiger partial charge in [0.2, 0.25) is 0 Å². The molecular weight excluding hydrogens is 280 g/mol. The van der Waals surface area contributed by atoms with Gasteiger partial charge in [0, 0.05) is 22.9 Å². The Kier molecular flexibility index (Phi) is 5.58. The van der Waals surface area contributed by atoms with E-state index in [1.807, 2.05) is 13.0 Å². The zero-order valence-corrected chi connectivity index (χ0v) is 10.9. The van der Waals surface area contributed by atoms with E-state index < -0.39 is 0 Å². The Bertz CT molecular complexity index is 299. The van der Waals surface area contributed by atoms with Gasteiger partial charge in [0.05, 0.1) is 0 Å². The summed E-state index contributed by atoms with van der Waals surface area (Å²) in [7, 11) is 0. The predicted molar refractivity (Wildman–Crippen MR) is 65.7 cm³/mol. The molecule has 15 heavy (non-hydrogen) atoms. The standard InChI is InChI=1S/C11H14BrClFN/c1-2-10(13)7-15-6-8-3-9(12)5-11(14)4-8/h3-5,10,15H,2,6-7H2,1H3. The van der Waals surface area contributed by atoms with Crippen LogP contribution < -0.4 is 5.32 Å². The van der Waals surface area contributed by atoms with E-state index in [-0.39, 0.29) is 11.2 Å². The third-order valence-corrected chi connectivity index (χ3v) is 2.98. The highest BCUT2D eigenvalue weighted by Crippen LogP contribution is 2.14. The third kappa shape index (κ3) is 4.96. The first-order valence-corrected chi connectivity index (χ1v) is 6.14. The summed E-state index contributed by atoms with van der Waals surface area (Å²) in [6.45, 7) is 3.42. The fourth-order valence-corrected chi connectivity index (χ4v) is 1.85. The summed E-state index contributed by atoms with van der Waals surface area (Å²) in [4.78, 5) is 0. The Balaban J connectivity index is 2.43. The number of alkyl halides is 1. The Morgan fingerprint density at radius 1 is 1.47 bits per heavy atom. The molecule has 0 saturated carbocycles. The van der Waals surface area contributed by atoms with Gasteiger partial charge in [-0.25, -0.2) is 4.39 Å². The van der Waals surface area contributed by atoms with Gasteiger partial charge in [-0.2, -0.15) is 0 Å². The first-order chi connectivity index (χ1) is 7.11. The number of hydrogen-bond donors (Lipinski definition) is 1. The van der Waals surface area contributed by atoms with Crippen LogP contribution in [-0.2, 0) is 6.54 Å². The average molecular weight is 295 g/mol. The highest BCUT2D eigenvalue weighted by molar-refractivity contribution is 9.10. The smallest absolute Gasteiger partial charge is 0.124 e. The van der Waals surface area contributed by atoms with Crippen LogP contribution in [0.4, 0.5) is 4.39 Å². The molecule has 1 atom stereocenters. The highest BCUT2D eigenvalue weighted by atomic mass is 79.9. The van der Waals surface area contributed by atoms with Crippen molar-refractivity contribution < 1.29 is 4.39 Å². The molecule has 1 N–H and O–H groups in total. The van der Waals surface area contributed by atoms with Crippen molar-refractivity contribution >= 4 is 27.5 Å². The zero-order chi connectivity index (χ0) is 11.3. The molecule has 0 spiro atoms. The van der Waals surface area contributed by atoms with Crippen molar-refractivity contribution in [3.05, 3.63) is 34.1 Å². The molecule has 0 fully saturated rings. The SMILES string of the molecule is CCC(Cl)CNCc1cc(F)cc(Br)c1. The number of hydrogen-bond acceptors (Lipinski definition) is 1. The minimum absolute atomic E-state index is 0.141. The molecular formula is C11H14BrClFN. The Labute approximate surface area is 103 Å². The predicted octanol–water partition coefficient (Wildman–Crippen LogP) is 3.70. The van der Waals surface area contributed by atoms with Gasteiger partial charge < -0.3 is 5.32 Å². The van der Waals surface area contributed by atoms with Gasteiger partial charge in [-0.15, -0.1) is 11.6 Å². The minimum atomic E-state index is -0.223. The van der Waals surface area contributed by atoms with Gasteiger partial charge in [-0.1, -0.05) is 22.9 Å². The van der Waals surface area contributed by atoms with Crippen molar-refractivity contribution in [2.24, 2.45) is 0 Å². The molecule has 1 unspecified atom stereocenters. The fourth-order valence-electron chi connectivity index (χ4n) is 1.23. The normalized spacial score (nSPS) is 12.8. The summed E-state index contributed by atoms with van der Waals surface area (Å²) in [5, 5.41) is 3.33. The van der Waals surface area contributed by atoms with Gasteiger partial charge >= 0.3 is 0 Å². The molecule has 1 nitrogen and oxygen atoms in total. The summed E-state index contributed by atoms with van der Waals surface area (Å²) >= 11 is 9.20. The summed E-state index contributed by atoms with van der Waals surface area (Å²) in [5.41, 5.74) is 0.918. The molecule has 84 valence electrons. The lowest BCUT2D eigenvalue weighted by Crippen LogP contribution is -2.22. The van der Waals surface area contributed by atoms with Crippen LogP contribution in [0.15, 0.2) is 22.7 Å².